The lowest BCUT2D eigenvalue weighted by Gasteiger charge is -2.17. The summed E-state index contributed by atoms with van der Waals surface area (Å²) in [6.45, 7) is 4.03. The highest BCUT2D eigenvalue weighted by Gasteiger charge is 2.11. The molecule has 2 unspecified atom stereocenters. The molecule has 98 valence electrons. The van der Waals surface area contributed by atoms with E-state index in [9.17, 15) is 0 Å². The van der Waals surface area contributed by atoms with Crippen LogP contribution in [0.5, 0.6) is 0 Å². The number of benzene rings is 1. The number of aromatic amines is 1. The molecule has 0 radical (unpaired) electrons. The van der Waals surface area contributed by atoms with Gasteiger partial charge in [0.25, 0.3) is 0 Å². The van der Waals surface area contributed by atoms with Gasteiger partial charge in [0, 0.05) is 12.1 Å². The number of aromatic nitrogens is 2. The van der Waals surface area contributed by atoms with E-state index in [1.54, 1.807) is 0 Å². The number of rotatable bonds is 5. The number of nitrogens with one attached hydrogen (secondary N) is 2. The van der Waals surface area contributed by atoms with Gasteiger partial charge in [0.2, 0.25) is 0 Å². The second-order valence-corrected chi connectivity index (χ2v) is 4.99. The van der Waals surface area contributed by atoms with Crippen molar-refractivity contribution in [3.05, 3.63) is 29.6 Å². The molecule has 0 bridgehead atoms. The van der Waals surface area contributed by atoms with Crippen LogP contribution >= 0.6 is 0 Å². The van der Waals surface area contributed by atoms with Crippen LogP contribution in [-0.4, -0.2) is 23.1 Å². The normalized spacial score (nSPS) is 14.9. The van der Waals surface area contributed by atoms with E-state index in [0.29, 0.717) is 6.04 Å². The standard InChI is InChI=1S/C14H22N4/c1-9(15)4-6-12(16-3)11-5-7-13-14(8-11)18-10(2)17-13/h5,7-9,12,16H,4,6,15H2,1-3H3,(H,17,18). The highest BCUT2D eigenvalue weighted by molar-refractivity contribution is 5.75. The minimum atomic E-state index is 0.249. The van der Waals surface area contributed by atoms with Crippen LogP contribution in [0.15, 0.2) is 18.2 Å². The highest BCUT2D eigenvalue weighted by atomic mass is 14.9. The van der Waals surface area contributed by atoms with E-state index in [1.165, 1.54) is 5.56 Å². The maximum Gasteiger partial charge on any atom is 0.104 e. The van der Waals surface area contributed by atoms with Crippen LogP contribution in [0.25, 0.3) is 11.0 Å². The maximum atomic E-state index is 5.82. The van der Waals surface area contributed by atoms with E-state index in [0.717, 1.165) is 29.7 Å². The molecule has 4 nitrogen and oxygen atoms in total. The first-order chi connectivity index (χ1) is 8.60. The molecule has 0 aliphatic rings. The Hall–Kier alpha value is -1.39. The number of fused-ring (bicyclic) bond motifs is 1. The van der Waals surface area contributed by atoms with E-state index in [1.807, 2.05) is 20.9 Å². The quantitative estimate of drug-likeness (QED) is 0.758. The summed E-state index contributed by atoms with van der Waals surface area (Å²) in [6.07, 6.45) is 2.07. The summed E-state index contributed by atoms with van der Waals surface area (Å²) in [5.41, 5.74) is 9.24. The van der Waals surface area contributed by atoms with Gasteiger partial charge < -0.3 is 16.0 Å². The van der Waals surface area contributed by atoms with Gasteiger partial charge >= 0.3 is 0 Å². The first-order valence-electron chi connectivity index (χ1n) is 6.49. The van der Waals surface area contributed by atoms with Crippen molar-refractivity contribution in [2.24, 2.45) is 5.73 Å². The maximum absolute atomic E-state index is 5.82. The van der Waals surface area contributed by atoms with Crippen molar-refractivity contribution < 1.29 is 0 Å². The first-order valence-corrected chi connectivity index (χ1v) is 6.49. The molecule has 1 aromatic heterocycles. The van der Waals surface area contributed by atoms with Crippen LogP contribution < -0.4 is 11.1 Å². The summed E-state index contributed by atoms with van der Waals surface area (Å²) in [6, 6.07) is 7.00. The number of aryl methyl sites for hydroxylation is 1. The fourth-order valence-electron chi connectivity index (χ4n) is 2.28. The molecule has 4 N–H and O–H groups in total. The molecule has 0 aliphatic heterocycles. The molecular formula is C14H22N4. The SMILES string of the molecule is CNC(CCC(C)N)c1ccc2nc(C)[nH]c2c1. The lowest BCUT2D eigenvalue weighted by molar-refractivity contribution is 0.497. The van der Waals surface area contributed by atoms with E-state index < -0.39 is 0 Å². The van der Waals surface area contributed by atoms with E-state index in [2.05, 4.69) is 33.5 Å². The molecule has 4 heteroatoms. The second kappa shape index (κ2) is 5.50. The molecule has 18 heavy (non-hydrogen) atoms. The summed E-state index contributed by atoms with van der Waals surface area (Å²) in [5.74, 6) is 0.957. The van der Waals surface area contributed by atoms with Gasteiger partial charge in [-0.25, -0.2) is 4.98 Å². The van der Waals surface area contributed by atoms with Crippen molar-refractivity contribution in [1.29, 1.82) is 0 Å². The van der Waals surface area contributed by atoms with Crippen molar-refractivity contribution in [2.45, 2.75) is 38.8 Å². The van der Waals surface area contributed by atoms with Crippen LogP contribution in [0.1, 0.15) is 37.2 Å². The Kier molecular flexibility index (Phi) is 3.99. The smallest absolute Gasteiger partial charge is 0.104 e. The molecule has 0 amide bonds. The van der Waals surface area contributed by atoms with Gasteiger partial charge in [-0.2, -0.15) is 0 Å². The zero-order chi connectivity index (χ0) is 13.1. The van der Waals surface area contributed by atoms with Crippen molar-refractivity contribution in [3.8, 4) is 0 Å². The number of imidazole rings is 1. The minimum Gasteiger partial charge on any atom is -0.342 e. The lowest BCUT2D eigenvalue weighted by Crippen LogP contribution is -2.21. The Morgan fingerprint density at radius 3 is 2.83 bits per heavy atom. The number of hydrogen-bond acceptors (Lipinski definition) is 3. The van der Waals surface area contributed by atoms with Gasteiger partial charge in [-0.05, 0) is 51.4 Å². The topological polar surface area (TPSA) is 66.7 Å². The fourth-order valence-corrected chi connectivity index (χ4v) is 2.28. The fraction of sp³-hybridized carbons (Fsp3) is 0.500. The Bertz CT molecular complexity index is 515. The van der Waals surface area contributed by atoms with Gasteiger partial charge in [0.15, 0.2) is 0 Å². The van der Waals surface area contributed by atoms with Gasteiger partial charge in [0.1, 0.15) is 5.82 Å². The third kappa shape index (κ3) is 2.89. The predicted octanol–water partition coefficient (Wildman–Crippen LogP) is 2.26. The molecule has 0 spiro atoms. The number of nitrogens with two attached hydrogens (primary N) is 1. The largest absolute Gasteiger partial charge is 0.342 e. The number of H-pyrrole nitrogens is 1. The molecule has 0 saturated carbocycles. The van der Waals surface area contributed by atoms with Crippen molar-refractivity contribution in [1.82, 2.24) is 15.3 Å². The van der Waals surface area contributed by atoms with Gasteiger partial charge in [-0.3, -0.25) is 0 Å². The van der Waals surface area contributed by atoms with Crippen LogP contribution in [0.2, 0.25) is 0 Å². The summed E-state index contributed by atoms with van der Waals surface area (Å²) < 4.78 is 0. The first kappa shape index (κ1) is 13.1. The van der Waals surface area contributed by atoms with Crippen LogP contribution in [0, 0.1) is 6.92 Å². The van der Waals surface area contributed by atoms with E-state index in [-0.39, 0.29) is 6.04 Å². The van der Waals surface area contributed by atoms with Crippen molar-refractivity contribution in [2.75, 3.05) is 7.05 Å². The third-order valence-electron chi connectivity index (χ3n) is 3.29. The molecule has 0 aliphatic carbocycles. The molecule has 2 rings (SSSR count). The van der Waals surface area contributed by atoms with E-state index >= 15 is 0 Å². The highest BCUT2D eigenvalue weighted by Crippen LogP contribution is 2.22. The molecule has 0 fully saturated rings. The molecule has 1 aromatic carbocycles. The average molecular weight is 246 g/mol. The van der Waals surface area contributed by atoms with Crippen LogP contribution in [-0.2, 0) is 0 Å². The zero-order valence-corrected chi connectivity index (χ0v) is 11.3. The molecule has 2 atom stereocenters. The zero-order valence-electron chi connectivity index (χ0n) is 11.3. The van der Waals surface area contributed by atoms with Gasteiger partial charge in [-0.15, -0.1) is 0 Å². The minimum absolute atomic E-state index is 0.249. The summed E-state index contributed by atoms with van der Waals surface area (Å²) in [4.78, 5) is 7.70. The lowest BCUT2D eigenvalue weighted by atomic mass is 10.00. The Morgan fingerprint density at radius 2 is 2.17 bits per heavy atom. The molecular weight excluding hydrogens is 224 g/mol. The third-order valence-corrected chi connectivity index (χ3v) is 3.29. The van der Waals surface area contributed by atoms with Crippen molar-refractivity contribution in [3.63, 3.8) is 0 Å². The number of hydrogen-bond donors (Lipinski definition) is 3. The van der Waals surface area contributed by atoms with Gasteiger partial charge in [-0.1, -0.05) is 6.07 Å². The molecule has 0 saturated heterocycles. The van der Waals surface area contributed by atoms with Gasteiger partial charge in [0.05, 0.1) is 11.0 Å². The Balaban J connectivity index is 2.21. The molecule has 1 heterocycles. The van der Waals surface area contributed by atoms with Crippen LogP contribution in [0.3, 0.4) is 0 Å². The Morgan fingerprint density at radius 1 is 1.39 bits per heavy atom. The van der Waals surface area contributed by atoms with E-state index in [4.69, 9.17) is 5.73 Å². The second-order valence-electron chi connectivity index (χ2n) is 4.99. The molecule has 2 aromatic rings. The summed E-state index contributed by atoms with van der Waals surface area (Å²) >= 11 is 0. The predicted molar refractivity (Wildman–Crippen MR) is 75.5 cm³/mol. The van der Waals surface area contributed by atoms with Crippen molar-refractivity contribution >= 4 is 11.0 Å². The Labute approximate surface area is 108 Å². The average Bonchev–Trinajstić information content (AvgIpc) is 2.68. The number of nitrogens with zero attached hydrogens (tertiary/aromatic N) is 1. The monoisotopic (exact) mass is 246 g/mol. The summed E-state index contributed by atoms with van der Waals surface area (Å²) in [5, 5.41) is 3.36. The van der Waals surface area contributed by atoms with Crippen LogP contribution in [0.4, 0.5) is 0 Å². The summed E-state index contributed by atoms with van der Waals surface area (Å²) in [7, 11) is 1.99.